The fraction of sp³-hybridized carbons (Fsp3) is 0.182. The average Bonchev–Trinajstić information content (AvgIpc) is 3.03. The number of para-hydroxylation sites is 2. The van der Waals surface area contributed by atoms with Gasteiger partial charge in [0.05, 0.1) is 24.0 Å². The Morgan fingerprint density at radius 2 is 1.29 bits per heavy atom. The molecule has 212 valence electrons. The van der Waals surface area contributed by atoms with Gasteiger partial charge < -0.3 is 20.2 Å². The molecule has 8 heteroatoms. The van der Waals surface area contributed by atoms with Crippen LogP contribution in [-0.2, 0) is 27.0 Å². The second-order valence-electron chi connectivity index (χ2n) is 7.29. The summed E-state index contributed by atoms with van der Waals surface area (Å²) in [5.41, 5.74) is 3.65. The average molecular weight is 638 g/mol. The molecule has 0 saturated heterocycles. The molecule has 0 N–H and O–H groups in total. The van der Waals surface area contributed by atoms with Crippen LogP contribution in [0.15, 0.2) is 97.1 Å². The molecule has 0 radical (unpaired) electrons. The maximum Gasteiger partial charge on any atom is 2.00 e. The van der Waals surface area contributed by atoms with Crippen LogP contribution in [0.4, 0.5) is 11.4 Å². The van der Waals surface area contributed by atoms with E-state index in [0.717, 1.165) is 16.7 Å². The fourth-order valence-electron chi connectivity index (χ4n) is 3.31. The van der Waals surface area contributed by atoms with Gasteiger partial charge in [0.1, 0.15) is 11.8 Å². The van der Waals surface area contributed by atoms with E-state index in [2.05, 4.69) is 20.5 Å². The predicted octanol–water partition coefficient (Wildman–Crippen LogP) is 9.44. The summed E-state index contributed by atoms with van der Waals surface area (Å²) < 4.78 is 0. The Kier molecular flexibility index (Phi) is 18.9. The number of nitriles is 1. The van der Waals surface area contributed by atoms with Crippen molar-refractivity contribution in [3.05, 3.63) is 136 Å². The molecule has 0 spiro atoms. The van der Waals surface area contributed by atoms with Crippen LogP contribution in [0.5, 0.6) is 0 Å². The Morgan fingerprint density at radius 3 is 1.90 bits per heavy atom. The molecular formula is C33H33N5O2Pd. The van der Waals surface area contributed by atoms with Gasteiger partial charge in [0.15, 0.2) is 5.69 Å². The van der Waals surface area contributed by atoms with Gasteiger partial charge >= 0.3 is 20.4 Å². The van der Waals surface area contributed by atoms with E-state index < -0.39 is 11.8 Å². The second kappa shape index (κ2) is 21.2. The molecule has 0 atom stereocenters. The number of pyridine rings is 1. The first-order valence-electron chi connectivity index (χ1n) is 12.9. The quantitative estimate of drug-likeness (QED) is 0.155. The maximum absolute atomic E-state index is 12.7. The van der Waals surface area contributed by atoms with Gasteiger partial charge in [0, 0.05) is 6.92 Å². The first kappa shape index (κ1) is 36.4. The van der Waals surface area contributed by atoms with E-state index in [1.807, 2.05) is 76.2 Å². The molecule has 0 fully saturated rings. The van der Waals surface area contributed by atoms with Crippen LogP contribution >= 0.6 is 0 Å². The van der Waals surface area contributed by atoms with Gasteiger partial charge in [-0.1, -0.05) is 118 Å². The molecule has 41 heavy (non-hydrogen) atoms. The summed E-state index contributed by atoms with van der Waals surface area (Å²) in [5, 5.41) is 15.5. The van der Waals surface area contributed by atoms with Crippen molar-refractivity contribution >= 4 is 23.2 Å². The van der Waals surface area contributed by atoms with Crippen LogP contribution in [0.1, 0.15) is 61.2 Å². The molecule has 2 amide bonds. The summed E-state index contributed by atoms with van der Waals surface area (Å²) in [6.45, 7) is 17.0. The molecule has 0 saturated carbocycles. The summed E-state index contributed by atoms with van der Waals surface area (Å²) >= 11 is 0. The van der Waals surface area contributed by atoms with Crippen LogP contribution in [-0.4, -0.2) is 16.8 Å². The fourth-order valence-corrected chi connectivity index (χ4v) is 3.31. The summed E-state index contributed by atoms with van der Waals surface area (Å²) in [7, 11) is 0. The van der Waals surface area contributed by atoms with Gasteiger partial charge in [-0.15, -0.1) is 12.2 Å². The van der Waals surface area contributed by atoms with Crippen molar-refractivity contribution in [1.82, 2.24) is 4.98 Å². The van der Waals surface area contributed by atoms with E-state index in [1.54, 1.807) is 42.5 Å². The Hall–Kier alpha value is -4.61. The second-order valence-corrected chi connectivity index (χ2v) is 7.29. The van der Waals surface area contributed by atoms with E-state index >= 15 is 0 Å². The van der Waals surface area contributed by atoms with Crippen molar-refractivity contribution in [2.45, 2.75) is 41.2 Å². The smallest absolute Gasteiger partial charge is 0.644 e. The molecule has 1 aromatic heterocycles. The van der Waals surface area contributed by atoms with Crippen molar-refractivity contribution in [2.24, 2.45) is 0 Å². The maximum atomic E-state index is 12.7. The normalized spacial score (nSPS) is 8.66. The van der Waals surface area contributed by atoms with Crippen molar-refractivity contribution in [3.63, 3.8) is 0 Å². The number of carbonyl (C=O) groups is 2. The van der Waals surface area contributed by atoms with Crippen LogP contribution in [0, 0.1) is 17.9 Å². The first-order chi connectivity index (χ1) is 19.6. The summed E-state index contributed by atoms with van der Waals surface area (Å²) in [6.07, 6.45) is 0. The number of aromatic nitrogens is 1. The molecule has 1 heterocycles. The molecule has 0 aliphatic rings. The number of hydrogen-bond donors (Lipinski definition) is 0. The van der Waals surface area contributed by atoms with E-state index in [9.17, 15) is 9.59 Å². The SMILES string of the molecule is CC.CC.CC#N.[C-]#[N+]c1ccccc1-c1ccccc1C[N-]C(=O)c1cccc(C(=O)[N-]c2ccccc2)n1.[Pd+2]. The van der Waals surface area contributed by atoms with E-state index in [1.165, 1.54) is 19.1 Å². The number of nitrogens with zero attached hydrogens (tertiary/aromatic N) is 5. The van der Waals surface area contributed by atoms with Crippen LogP contribution in [0.2, 0.25) is 0 Å². The van der Waals surface area contributed by atoms with E-state index in [0.29, 0.717) is 11.4 Å². The molecule has 7 nitrogen and oxygen atoms in total. The van der Waals surface area contributed by atoms with Crippen molar-refractivity contribution in [3.8, 4) is 17.2 Å². The van der Waals surface area contributed by atoms with Gasteiger partial charge in [-0.25, -0.2) is 9.83 Å². The van der Waals surface area contributed by atoms with Gasteiger partial charge in [-0.2, -0.15) is 5.26 Å². The minimum Gasteiger partial charge on any atom is -0.644 e. The molecule has 0 aliphatic heterocycles. The van der Waals surface area contributed by atoms with Crippen LogP contribution < -0.4 is 0 Å². The Labute approximate surface area is 257 Å². The van der Waals surface area contributed by atoms with Gasteiger partial charge in [0.25, 0.3) is 0 Å². The van der Waals surface area contributed by atoms with E-state index in [-0.39, 0.29) is 38.4 Å². The van der Waals surface area contributed by atoms with Crippen molar-refractivity contribution < 1.29 is 30.0 Å². The first-order valence-corrected chi connectivity index (χ1v) is 12.9. The minimum absolute atomic E-state index is 0. The molecular weight excluding hydrogens is 605 g/mol. The number of benzene rings is 3. The Morgan fingerprint density at radius 1 is 0.780 bits per heavy atom. The Bertz CT molecular complexity index is 1440. The third-order valence-electron chi connectivity index (χ3n) is 4.90. The molecule has 0 bridgehead atoms. The molecule has 4 aromatic rings. The van der Waals surface area contributed by atoms with Crippen LogP contribution in [0.3, 0.4) is 0 Å². The zero-order valence-corrected chi connectivity index (χ0v) is 25.4. The standard InChI is InChI=1S/C27H20N4O2.C2H3N.2C2H6.Pd/c1-28-23-15-8-7-14-22(23)21-13-6-5-10-19(21)18-29-26(32)24-16-9-17-25(31-24)27(33)30-20-11-3-2-4-12-20;1-2-3;2*1-2;/h2-17H,18H2,(H2,29,30,32,33);1H3;2*1-2H3;/q;;;;+2/p-2. The minimum atomic E-state index is -0.531. The van der Waals surface area contributed by atoms with E-state index in [4.69, 9.17) is 11.8 Å². The summed E-state index contributed by atoms with van der Waals surface area (Å²) in [5.74, 6) is -1.06. The van der Waals surface area contributed by atoms with Gasteiger partial charge in [-0.05, 0) is 23.3 Å². The van der Waals surface area contributed by atoms with Gasteiger partial charge in [0.2, 0.25) is 0 Å². The number of carbonyl (C=O) groups excluding carboxylic acids is 2. The van der Waals surface area contributed by atoms with Gasteiger partial charge in [-0.3, -0.25) is 0 Å². The summed E-state index contributed by atoms with van der Waals surface area (Å²) in [4.78, 5) is 32.9. The van der Waals surface area contributed by atoms with Crippen molar-refractivity contribution in [1.29, 1.82) is 5.26 Å². The van der Waals surface area contributed by atoms with Crippen molar-refractivity contribution in [2.75, 3.05) is 0 Å². The predicted molar refractivity (Wildman–Crippen MR) is 162 cm³/mol. The zero-order chi connectivity index (χ0) is 29.8. The third kappa shape index (κ3) is 11.6. The Balaban J connectivity index is 0.00000184. The monoisotopic (exact) mass is 637 g/mol. The van der Waals surface area contributed by atoms with Crippen LogP contribution in [0.25, 0.3) is 26.6 Å². The number of hydrogen-bond acceptors (Lipinski definition) is 4. The molecule has 0 unspecified atom stereocenters. The zero-order valence-electron chi connectivity index (χ0n) is 23.8. The molecule has 0 aliphatic carbocycles. The number of rotatable bonds is 6. The topological polar surface area (TPSA) is 103 Å². The molecule has 4 rings (SSSR count). The molecule has 3 aromatic carbocycles. The summed E-state index contributed by atoms with van der Waals surface area (Å²) in [6, 6.07) is 30.1. The largest absolute Gasteiger partial charge is 2.00 e. The third-order valence-corrected chi connectivity index (χ3v) is 4.90. The number of amides is 2.